The maximum absolute atomic E-state index is 9.99. The molecule has 0 aliphatic carbocycles. The smallest absolute Gasteiger partial charge is 0.259 e. The normalized spacial score (nSPS) is 11.4. The number of halogens is 4. The van der Waals surface area contributed by atoms with Gasteiger partial charge in [0.25, 0.3) is 3.79 Å². The van der Waals surface area contributed by atoms with Crippen LogP contribution in [0.4, 0.5) is 0 Å². The zero-order valence-electron chi connectivity index (χ0n) is 2.92. The van der Waals surface area contributed by atoms with Crippen LogP contribution in [0.15, 0.2) is 0 Å². The third-order valence-corrected chi connectivity index (χ3v) is 2.02. The predicted molar refractivity (Wildman–Crippen MR) is 34.2 cm³/mol. The van der Waals surface area contributed by atoms with Crippen LogP contribution in [0.2, 0.25) is 0 Å². The lowest BCUT2D eigenvalue weighted by Gasteiger charge is -1.99. The first-order valence-electron chi connectivity index (χ1n) is 1.21. The highest BCUT2D eigenvalue weighted by atomic mass is 79.9. The highest BCUT2D eigenvalue weighted by Crippen LogP contribution is 2.28. The largest absolute Gasteiger partial charge is 0.282 e. The number of carbonyl (C=O) groups excluding carboxylic acids is 1. The van der Waals surface area contributed by atoms with E-state index in [2.05, 4.69) is 15.9 Å². The highest BCUT2D eigenvalue weighted by Gasteiger charge is 2.27. The van der Waals surface area contributed by atoms with Crippen molar-refractivity contribution < 1.29 is 4.79 Å². The van der Waals surface area contributed by atoms with Crippen molar-refractivity contribution in [2.24, 2.45) is 0 Å². The molecule has 0 atom stereocenters. The molecular weight excluding hydrogens is 226 g/mol. The van der Waals surface area contributed by atoms with Gasteiger partial charge in [0.15, 0.2) is 0 Å². The van der Waals surface area contributed by atoms with Gasteiger partial charge in [-0.15, -0.1) is 0 Å². The minimum absolute atomic E-state index is 0.648. The van der Waals surface area contributed by atoms with Gasteiger partial charge in [-0.3, -0.25) is 4.79 Å². The lowest BCUT2D eigenvalue weighted by atomic mass is 10.9. The lowest BCUT2D eigenvalue weighted by molar-refractivity contribution is -0.109. The van der Waals surface area contributed by atoms with Crippen LogP contribution in [0.3, 0.4) is 0 Å². The van der Waals surface area contributed by atoms with E-state index in [1.54, 1.807) is 0 Å². The van der Waals surface area contributed by atoms with Gasteiger partial charge < -0.3 is 0 Å². The van der Waals surface area contributed by atoms with Gasteiger partial charge in [0, 0.05) is 0 Å². The number of hydrogen-bond donors (Lipinski definition) is 0. The number of carbonyl (C=O) groups is 1. The Kier molecular flexibility index (Phi) is 2.90. The molecule has 0 bridgehead atoms. The first kappa shape index (κ1) is 8.02. The molecule has 7 heavy (non-hydrogen) atoms. The van der Waals surface area contributed by atoms with E-state index in [-0.39, 0.29) is 0 Å². The van der Waals surface area contributed by atoms with Gasteiger partial charge in [0.05, 0.1) is 0 Å². The molecule has 0 rings (SSSR count). The molecule has 0 spiro atoms. The van der Waals surface area contributed by atoms with Crippen molar-refractivity contribution in [1.82, 2.24) is 0 Å². The number of hydrogen-bond acceptors (Lipinski definition) is 1. The lowest BCUT2D eigenvalue weighted by Crippen LogP contribution is -2.10. The Morgan fingerprint density at radius 1 is 1.43 bits per heavy atom. The zero-order chi connectivity index (χ0) is 6.08. The van der Waals surface area contributed by atoms with Crippen LogP contribution in [0.1, 0.15) is 0 Å². The van der Waals surface area contributed by atoms with E-state index in [1.165, 1.54) is 0 Å². The molecule has 0 unspecified atom stereocenters. The van der Waals surface area contributed by atoms with Gasteiger partial charge in [-0.1, -0.05) is 34.8 Å². The van der Waals surface area contributed by atoms with Crippen molar-refractivity contribution >= 4 is 55.4 Å². The molecule has 0 aliphatic heterocycles. The first-order chi connectivity index (χ1) is 2.94. The molecule has 0 N–H and O–H groups in total. The van der Waals surface area contributed by atoms with Crippen LogP contribution in [0.5, 0.6) is 0 Å². The van der Waals surface area contributed by atoms with Crippen LogP contribution < -0.4 is 0 Å². The predicted octanol–water partition coefficient (Wildman–Crippen LogP) is 2.28. The molecule has 5 heteroatoms. The van der Waals surface area contributed by atoms with Crippen molar-refractivity contribution in [2.75, 3.05) is 0 Å². The Labute approximate surface area is 64.0 Å². The summed E-state index contributed by atoms with van der Waals surface area (Å²) in [5.74, 6) is 0. The van der Waals surface area contributed by atoms with Crippen molar-refractivity contribution in [3.63, 3.8) is 0 Å². The van der Waals surface area contributed by atoms with Crippen molar-refractivity contribution in [3.05, 3.63) is 0 Å². The first-order valence-corrected chi connectivity index (χ1v) is 3.14. The van der Waals surface area contributed by atoms with Crippen LogP contribution >= 0.6 is 50.7 Å². The summed E-state index contributed by atoms with van der Waals surface area (Å²) in [4.78, 5) is 9.99. The second-order valence-electron chi connectivity index (χ2n) is 0.771. The quantitative estimate of drug-likeness (QED) is 0.457. The molecule has 0 aliphatic rings. The molecule has 42 valence electrons. The maximum Gasteiger partial charge on any atom is 0.259 e. The summed E-state index contributed by atoms with van der Waals surface area (Å²) in [5, 5.41) is 0. The Bertz CT molecular complexity index is 85.4. The van der Waals surface area contributed by atoms with Crippen LogP contribution in [-0.4, -0.2) is 8.49 Å². The summed E-state index contributed by atoms with van der Waals surface area (Å²) < 4.78 is -2.45. The van der Waals surface area contributed by atoms with E-state index in [1.807, 2.05) is 0 Å². The maximum atomic E-state index is 9.99. The van der Waals surface area contributed by atoms with Crippen LogP contribution in [0, 0.1) is 0 Å². The van der Waals surface area contributed by atoms with E-state index in [4.69, 9.17) is 34.8 Å². The van der Waals surface area contributed by atoms with Crippen molar-refractivity contribution in [1.29, 1.82) is 0 Å². The second-order valence-corrected chi connectivity index (χ2v) is 3.77. The minimum atomic E-state index is -1.81. The van der Waals surface area contributed by atoms with Gasteiger partial charge in [-0.25, -0.2) is 0 Å². The van der Waals surface area contributed by atoms with Gasteiger partial charge in [0.2, 0.25) is 4.69 Å². The van der Waals surface area contributed by atoms with E-state index in [0.29, 0.717) is 0 Å². The highest BCUT2D eigenvalue weighted by molar-refractivity contribution is 9.18. The van der Waals surface area contributed by atoms with Gasteiger partial charge in [-0.2, -0.15) is 0 Å². The van der Waals surface area contributed by atoms with Crippen LogP contribution in [0.25, 0.3) is 0 Å². The molecule has 0 saturated heterocycles. The van der Waals surface area contributed by atoms with Crippen LogP contribution in [-0.2, 0) is 4.79 Å². The number of alkyl halides is 3. The second kappa shape index (κ2) is 2.53. The molecule has 0 fully saturated rings. The van der Waals surface area contributed by atoms with E-state index < -0.39 is 8.49 Å². The Hall–Kier alpha value is 1.02. The molecule has 0 aromatic heterocycles. The Morgan fingerprint density at radius 2 is 1.57 bits per heavy atom. The third-order valence-electron chi connectivity index (χ3n) is 0.223. The zero-order valence-corrected chi connectivity index (χ0v) is 6.77. The Balaban J connectivity index is 3.79. The fraction of sp³-hybridized carbons (Fsp3) is 0.500. The van der Waals surface area contributed by atoms with E-state index >= 15 is 0 Å². The van der Waals surface area contributed by atoms with Gasteiger partial charge in [-0.05, 0) is 15.9 Å². The molecule has 0 amide bonds. The average Bonchev–Trinajstić information content (AvgIpc) is 1.31. The molecule has 0 saturated carbocycles. The molecule has 0 radical (unpaired) electrons. The summed E-state index contributed by atoms with van der Waals surface area (Å²) in [5.41, 5.74) is 0. The summed E-state index contributed by atoms with van der Waals surface area (Å²) in [6.07, 6.45) is 0. The fourth-order valence-corrected chi connectivity index (χ4v) is 0. The van der Waals surface area contributed by atoms with E-state index in [0.717, 1.165) is 0 Å². The number of rotatable bonds is 0. The third kappa shape index (κ3) is 3.59. The molecule has 0 heterocycles. The average molecular weight is 226 g/mol. The molecular formula is C2BrCl3O. The topological polar surface area (TPSA) is 17.1 Å². The summed E-state index contributed by atoms with van der Waals surface area (Å²) >= 11 is 17.5. The monoisotopic (exact) mass is 224 g/mol. The SMILES string of the molecule is O=C(Br)C(Cl)(Cl)Cl. The van der Waals surface area contributed by atoms with E-state index in [9.17, 15) is 4.79 Å². The van der Waals surface area contributed by atoms with Crippen molar-refractivity contribution in [2.45, 2.75) is 3.79 Å². The molecule has 1 nitrogen and oxygen atoms in total. The summed E-state index contributed by atoms with van der Waals surface area (Å²) in [7, 11) is 0. The summed E-state index contributed by atoms with van der Waals surface area (Å²) in [6, 6.07) is 0. The molecule has 0 aromatic carbocycles. The van der Waals surface area contributed by atoms with Gasteiger partial charge >= 0.3 is 0 Å². The minimum Gasteiger partial charge on any atom is -0.282 e. The Morgan fingerprint density at radius 3 is 1.57 bits per heavy atom. The standard InChI is InChI=1S/C2BrCl3O/c3-1(7)2(4,5)6. The fourth-order valence-electron chi connectivity index (χ4n) is 0. The van der Waals surface area contributed by atoms with Gasteiger partial charge in [0.1, 0.15) is 0 Å². The summed E-state index contributed by atoms with van der Waals surface area (Å²) in [6.45, 7) is 0. The van der Waals surface area contributed by atoms with Crippen molar-refractivity contribution in [3.8, 4) is 0 Å². The molecule has 0 aromatic rings.